The third-order valence-corrected chi connectivity index (χ3v) is 4.11. The van der Waals surface area contributed by atoms with Gasteiger partial charge in [-0.05, 0) is 35.4 Å². The molecule has 2 aliphatic rings. The first kappa shape index (κ1) is 14.4. The van der Waals surface area contributed by atoms with E-state index in [1.54, 1.807) is 0 Å². The molecule has 1 saturated carbocycles. The zero-order valence-corrected chi connectivity index (χ0v) is 12.1. The molecule has 0 saturated heterocycles. The molecule has 4 heteroatoms. The summed E-state index contributed by atoms with van der Waals surface area (Å²) in [4.78, 5) is 11.9. The molecule has 1 atom stereocenters. The van der Waals surface area contributed by atoms with Gasteiger partial charge in [-0.2, -0.15) is 0 Å². The van der Waals surface area contributed by atoms with Gasteiger partial charge in [0, 0.05) is 25.6 Å². The molecular weight excluding hydrogens is 260 g/mol. The van der Waals surface area contributed by atoms with Crippen molar-refractivity contribution in [3.63, 3.8) is 0 Å². The second-order valence-corrected chi connectivity index (χ2v) is 5.55. The lowest BCUT2D eigenvalue weighted by Crippen LogP contribution is -2.29. The highest BCUT2D eigenvalue weighted by Gasteiger charge is 2.32. The molecule has 2 N–H and O–H groups in total. The number of hydrogen-bond donors (Lipinski definition) is 2. The second-order valence-electron chi connectivity index (χ2n) is 5.55. The van der Waals surface area contributed by atoms with Crippen molar-refractivity contribution in [2.24, 2.45) is 11.8 Å². The number of carbonyl (C=O) groups is 1. The number of hydrogen-bond acceptors (Lipinski definition) is 2. The van der Waals surface area contributed by atoms with Crippen molar-refractivity contribution >= 4 is 18.3 Å². The Kier molecular flexibility index (Phi) is 4.48. The molecule has 1 heterocycles. The van der Waals surface area contributed by atoms with Gasteiger partial charge in [0.2, 0.25) is 5.91 Å². The fourth-order valence-corrected chi connectivity index (χ4v) is 2.62. The van der Waals surface area contributed by atoms with Crippen LogP contribution in [0.1, 0.15) is 36.5 Å². The van der Waals surface area contributed by atoms with Crippen molar-refractivity contribution in [1.29, 1.82) is 0 Å². The summed E-state index contributed by atoms with van der Waals surface area (Å²) in [5.74, 6) is 1.02. The number of nitrogens with one attached hydrogen (secondary N) is 2. The SMILES string of the molecule is CC(C(=O)NCc1ccc2c(c1)CNC2)C1CC1.Cl. The molecule has 1 aromatic carbocycles. The van der Waals surface area contributed by atoms with Crippen LogP contribution in [0.5, 0.6) is 0 Å². The van der Waals surface area contributed by atoms with Gasteiger partial charge in [-0.3, -0.25) is 4.79 Å². The minimum atomic E-state index is 0. The molecule has 1 amide bonds. The van der Waals surface area contributed by atoms with Crippen molar-refractivity contribution in [3.8, 4) is 0 Å². The fourth-order valence-electron chi connectivity index (χ4n) is 2.62. The Morgan fingerprint density at radius 1 is 1.37 bits per heavy atom. The van der Waals surface area contributed by atoms with Crippen molar-refractivity contribution in [2.75, 3.05) is 0 Å². The smallest absolute Gasteiger partial charge is 0.223 e. The standard InChI is InChI=1S/C15H20N2O.ClH/c1-10(12-4-5-12)15(18)17-7-11-2-3-13-8-16-9-14(13)6-11;/h2-3,6,10,12,16H,4-5,7-9H2,1H3,(H,17,18);1H. The molecule has 1 aliphatic heterocycles. The molecule has 1 unspecified atom stereocenters. The summed E-state index contributed by atoms with van der Waals surface area (Å²) in [7, 11) is 0. The summed E-state index contributed by atoms with van der Waals surface area (Å²) in [6.45, 7) is 4.62. The summed E-state index contributed by atoms with van der Waals surface area (Å²) in [6.07, 6.45) is 2.44. The zero-order chi connectivity index (χ0) is 12.5. The van der Waals surface area contributed by atoms with E-state index in [1.807, 2.05) is 6.92 Å². The van der Waals surface area contributed by atoms with Crippen LogP contribution in [-0.2, 0) is 24.4 Å². The van der Waals surface area contributed by atoms with Crippen LogP contribution in [0.4, 0.5) is 0 Å². The van der Waals surface area contributed by atoms with E-state index >= 15 is 0 Å². The van der Waals surface area contributed by atoms with Gasteiger partial charge in [0.1, 0.15) is 0 Å². The minimum absolute atomic E-state index is 0. The van der Waals surface area contributed by atoms with Crippen molar-refractivity contribution < 1.29 is 4.79 Å². The quantitative estimate of drug-likeness (QED) is 0.889. The number of benzene rings is 1. The van der Waals surface area contributed by atoms with Crippen LogP contribution in [-0.4, -0.2) is 5.91 Å². The van der Waals surface area contributed by atoms with Gasteiger partial charge in [0.05, 0.1) is 0 Å². The predicted octanol–water partition coefficient (Wildman–Crippen LogP) is 2.37. The number of fused-ring (bicyclic) bond motifs is 1. The number of carbonyl (C=O) groups excluding carboxylic acids is 1. The molecule has 3 nitrogen and oxygen atoms in total. The van der Waals surface area contributed by atoms with E-state index in [1.165, 1.54) is 29.5 Å². The Hall–Kier alpha value is -1.06. The van der Waals surface area contributed by atoms with E-state index in [2.05, 4.69) is 28.8 Å². The second kappa shape index (κ2) is 5.93. The van der Waals surface area contributed by atoms with Crippen LogP contribution in [0, 0.1) is 11.8 Å². The molecule has 1 aromatic rings. The highest BCUT2D eigenvalue weighted by molar-refractivity contribution is 5.85. The monoisotopic (exact) mass is 280 g/mol. The topological polar surface area (TPSA) is 41.1 Å². The summed E-state index contributed by atoms with van der Waals surface area (Å²) >= 11 is 0. The maximum absolute atomic E-state index is 11.9. The molecule has 0 bridgehead atoms. The maximum Gasteiger partial charge on any atom is 0.223 e. The van der Waals surface area contributed by atoms with Crippen LogP contribution in [0.15, 0.2) is 18.2 Å². The predicted molar refractivity (Wildman–Crippen MR) is 78.0 cm³/mol. The lowest BCUT2D eigenvalue weighted by molar-refractivity contribution is -0.125. The van der Waals surface area contributed by atoms with Crippen LogP contribution in [0.2, 0.25) is 0 Å². The summed E-state index contributed by atoms with van der Waals surface area (Å²) in [5, 5.41) is 6.39. The third-order valence-electron chi connectivity index (χ3n) is 4.11. The molecule has 1 fully saturated rings. The van der Waals surface area contributed by atoms with Gasteiger partial charge in [0.25, 0.3) is 0 Å². The molecule has 0 aromatic heterocycles. The highest BCUT2D eigenvalue weighted by atomic mass is 35.5. The molecule has 104 valence electrons. The van der Waals surface area contributed by atoms with Crippen LogP contribution in [0.25, 0.3) is 0 Å². The Morgan fingerprint density at radius 2 is 2.11 bits per heavy atom. The van der Waals surface area contributed by atoms with Crippen LogP contribution in [0.3, 0.4) is 0 Å². The van der Waals surface area contributed by atoms with Crippen molar-refractivity contribution in [1.82, 2.24) is 10.6 Å². The van der Waals surface area contributed by atoms with Gasteiger partial charge in [-0.1, -0.05) is 25.1 Å². The Labute approximate surface area is 120 Å². The average Bonchev–Trinajstić information content (AvgIpc) is 3.13. The van der Waals surface area contributed by atoms with E-state index in [0.717, 1.165) is 13.1 Å². The summed E-state index contributed by atoms with van der Waals surface area (Å²) in [6, 6.07) is 6.49. The van der Waals surface area contributed by atoms with Gasteiger partial charge >= 0.3 is 0 Å². The van der Waals surface area contributed by atoms with Gasteiger partial charge < -0.3 is 10.6 Å². The molecule has 0 spiro atoms. The first-order chi connectivity index (χ1) is 8.74. The van der Waals surface area contributed by atoms with E-state index in [0.29, 0.717) is 12.5 Å². The molecule has 3 rings (SSSR count). The van der Waals surface area contributed by atoms with Crippen LogP contribution < -0.4 is 10.6 Å². The van der Waals surface area contributed by atoms with Gasteiger partial charge in [0.15, 0.2) is 0 Å². The Balaban J connectivity index is 0.00000133. The minimum Gasteiger partial charge on any atom is -0.352 e. The van der Waals surface area contributed by atoms with E-state index in [9.17, 15) is 4.79 Å². The molecule has 19 heavy (non-hydrogen) atoms. The number of amides is 1. The largest absolute Gasteiger partial charge is 0.352 e. The summed E-state index contributed by atoms with van der Waals surface area (Å²) in [5.41, 5.74) is 3.96. The average molecular weight is 281 g/mol. The first-order valence-corrected chi connectivity index (χ1v) is 6.83. The van der Waals surface area contributed by atoms with Gasteiger partial charge in [-0.25, -0.2) is 0 Å². The van der Waals surface area contributed by atoms with Crippen molar-refractivity contribution in [3.05, 3.63) is 34.9 Å². The zero-order valence-electron chi connectivity index (χ0n) is 11.2. The number of rotatable bonds is 4. The third kappa shape index (κ3) is 3.28. The molecule has 0 radical (unpaired) electrons. The molecule has 1 aliphatic carbocycles. The normalized spacial score (nSPS) is 18.4. The lowest BCUT2D eigenvalue weighted by atomic mass is 10.0. The fraction of sp³-hybridized carbons (Fsp3) is 0.533. The van der Waals surface area contributed by atoms with Crippen LogP contribution >= 0.6 is 12.4 Å². The Morgan fingerprint density at radius 3 is 2.84 bits per heavy atom. The summed E-state index contributed by atoms with van der Waals surface area (Å²) < 4.78 is 0. The molecular formula is C15H21ClN2O. The number of halogens is 1. The van der Waals surface area contributed by atoms with Crippen molar-refractivity contribution in [2.45, 2.75) is 39.4 Å². The van der Waals surface area contributed by atoms with E-state index in [4.69, 9.17) is 0 Å². The first-order valence-electron chi connectivity index (χ1n) is 6.83. The maximum atomic E-state index is 11.9. The highest BCUT2D eigenvalue weighted by Crippen LogP contribution is 2.36. The van der Waals surface area contributed by atoms with Gasteiger partial charge in [-0.15, -0.1) is 12.4 Å². The van der Waals surface area contributed by atoms with E-state index < -0.39 is 0 Å². The lowest BCUT2D eigenvalue weighted by Gasteiger charge is -2.11. The van der Waals surface area contributed by atoms with E-state index in [-0.39, 0.29) is 24.2 Å². The Bertz CT molecular complexity index is 471.